The third-order valence-electron chi connectivity index (χ3n) is 4.15. The maximum Gasteiger partial charge on any atom is 0.262 e. The molecule has 1 aliphatic heterocycles. The van der Waals surface area contributed by atoms with Gasteiger partial charge in [0.15, 0.2) is 0 Å². The second-order valence-corrected chi connectivity index (χ2v) is 7.73. The van der Waals surface area contributed by atoms with Crippen LogP contribution in [0.5, 0.6) is 0 Å². The van der Waals surface area contributed by atoms with Crippen molar-refractivity contribution in [2.45, 2.75) is 18.6 Å². The molecule has 1 aliphatic rings. The standard InChI is InChI=1S/C20H16ClN3O2S/c1-12-2-4-13(5-3-12)10-17-19(26)24(15-8-6-14(21)7-9-15)20(27-17)16(11-22)18(23)25/h2-9,17H,10H2,1H3,(H2,23,25)/b20-16-/t17-/m1/s1. The molecule has 0 aliphatic carbocycles. The molecule has 1 atom stereocenters. The van der Waals surface area contributed by atoms with Crippen molar-refractivity contribution in [1.29, 1.82) is 5.26 Å². The summed E-state index contributed by atoms with van der Waals surface area (Å²) in [6.07, 6.45) is 0.481. The van der Waals surface area contributed by atoms with Crippen LogP contribution in [0.3, 0.4) is 0 Å². The number of benzene rings is 2. The maximum atomic E-state index is 13.1. The van der Waals surface area contributed by atoms with E-state index >= 15 is 0 Å². The van der Waals surface area contributed by atoms with Gasteiger partial charge in [0.2, 0.25) is 5.91 Å². The zero-order chi connectivity index (χ0) is 19.6. The molecular formula is C20H16ClN3O2S. The average molecular weight is 398 g/mol. The summed E-state index contributed by atoms with van der Waals surface area (Å²) in [7, 11) is 0. The Bertz CT molecular complexity index is 962. The summed E-state index contributed by atoms with van der Waals surface area (Å²) in [6, 6.07) is 16.4. The lowest BCUT2D eigenvalue weighted by molar-refractivity contribution is -0.117. The first-order valence-corrected chi connectivity index (χ1v) is 9.42. The number of carbonyl (C=O) groups is 2. The van der Waals surface area contributed by atoms with Crippen molar-refractivity contribution in [3.63, 3.8) is 0 Å². The number of carbonyl (C=O) groups excluding carboxylic acids is 2. The van der Waals surface area contributed by atoms with Crippen LogP contribution >= 0.6 is 23.4 Å². The van der Waals surface area contributed by atoms with Crippen LogP contribution in [0.4, 0.5) is 5.69 Å². The van der Waals surface area contributed by atoms with Gasteiger partial charge in [0, 0.05) is 10.7 Å². The van der Waals surface area contributed by atoms with E-state index in [-0.39, 0.29) is 16.5 Å². The third-order valence-corrected chi connectivity index (χ3v) is 5.67. The zero-order valence-electron chi connectivity index (χ0n) is 14.5. The van der Waals surface area contributed by atoms with Gasteiger partial charge in [-0.1, -0.05) is 53.2 Å². The van der Waals surface area contributed by atoms with E-state index in [4.69, 9.17) is 17.3 Å². The molecule has 2 aromatic carbocycles. The fraction of sp³-hybridized carbons (Fsp3) is 0.150. The fourth-order valence-corrected chi connectivity index (χ4v) is 4.21. The lowest BCUT2D eigenvalue weighted by atomic mass is 10.1. The summed E-state index contributed by atoms with van der Waals surface area (Å²) in [6.45, 7) is 1.99. The number of primary amides is 1. The Hall–Kier alpha value is -2.75. The molecular weight excluding hydrogens is 382 g/mol. The molecule has 1 heterocycles. The Morgan fingerprint density at radius 2 is 1.85 bits per heavy atom. The number of nitrogens with two attached hydrogens (primary N) is 1. The van der Waals surface area contributed by atoms with Crippen LogP contribution in [0, 0.1) is 18.3 Å². The molecule has 2 amide bonds. The van der Waals surface area contributed by atoms with Crippen LogP contribution in [0.15, 0.2) is 59.1 Å². The van der Waals surface area contributed by atoms with Crippen molar-refractivity contribution in [3.05, 3.63) is 75.3 Å². The molecule has 7 heteroatoms. The van der Waals surface area contributed by atoms with E-state index in [9.17, 15) is 14.9 Å². The van der Waals surface area contributed by atoms with E-state index < -0.39 is 11.2 Å². The second-order valence-electron chi connectivity index (χ2n) is 6.10. The monoisotopic (exact) mass is 397 g/mol. The molecule has 136 valence electrons. The lowest BCUT2D eigenvalue weighted by Gasteiger charge is -2.18. The Morgan fingerprint density at radius 1 is 1.22 bits per heavy atom. The number of hydrogen-bond donors (Lipinski definition) is 1. The van der Waals surface area contributed by atoms with E-state index in [2.05, 4.69) is 0 Å². The SMILES string of the molecule is Cc1ccc(C[C@H]2S/C(=C(/C#N)C(N)=O)N(c3ccc(Cl)cc3)C2=O)cc1. The molecule has 3 rings (SSSR count). The van der Waals surface area contributed by atoms with Crippen LogP contribution < -0.4 is 10.6 Å². The average Bonchev–Trinajstić information content (AvgIpc) is 2.94. The Labute approximate surface area is 166 Å². The zero-order valence-corrected chi connectivity index (χ0v) is 16.1. The summed E-state index contributed by atoms with van der Waals surface area (Å²) in [4.78, 5) is 26.2. The Morgan fingerprint density at radius 3 is 2.41 bits per heavy atom. The molecule has 0 radical (unpaired) electrons. The summed E-state index contributed by atoms with van der Waals surface area (Å²) < 4.78 is 0. The molecule has 1 saturated heterocycles. The van der Waals surface area contributed by atoms with E-state index in [1.165, 1.54) is 16.7 Å². The Kier molecular flexibility index (Phi) is 5.54. The van der Waals surface area contributed by atoms with Gasteiger partial charge in [-0.25, -0.2) is 0 Å². The lowest BCUT2D eigenvalue weighted by Crippen LogP contribution is -2.31. The smallest absolute Gasteiger partial charge is 0.262 e. The highest BCUT2D eigenvalue weighted by Gasteiger charge is 2.40. The predicted octanol–water partition coefficient (Wildman–Crippen LogP) is 3.56. The van der Waals surface area contributed by atoms with Crippen molar-refractivity contribution in [2.75, 3.05) is 4.90 Å². The van der Waals surface area contributed by atoms with Gasteiger partial charge in [0.1, 0.15) is 16.7 Å². The molecule has 0 spiro atoms. The van der Waals surface area contributed by atoms with Gasteiger partial charge in [0.25, 0.3) is 5.91 Å². The highest BCUT2D eigenvalue weighted by Crippen LogP contribution is 2.42. The number of nitrogens with zero attached hydrogens (tertiary/aromatic N) is 2. The maximum absolute atomic E-state index is 13.1. The molecule has 0 aromatic heterocycles. The van der Waals surface area contributed by atoms with Gasteiger partial charge in [-0.2, -0.15) is 5.26 Å². The third kappa shape index (κ3) is 4.00. The van der Waals surface area contributed by atoms with E-state index in [0.717, 1.165) is 11.1 Å². The molecule has 2 aromatic rings. The van der Waals surface area contributed by atoms with E-state index in [1.807, 2.05) is 37.3 Å². The predicted molar refractivity (Wildman–Crippen MR) is 107 cm³/mol. The summed E-state index contributed by atoms with van der Waals surface area (Å²) in [5.41, 5.74) is 7.80. The number of rotatable bonds is 4. The molecule has 2 N–H and O–H groups in total. The normalized spacial score (nSPS) is 18.3. The first-order chi connectivity index (χ1) is 12.9. The fourth-order valence-electron chi connectivity index (χ4n) is 2.76. The largest absolute Gasteiger partial charge is 0.365 e. The number of nitriles is 1. The topological polar surface area (TPSA) is 87.2 Å². The van der Waals surface area contributed by atoms with Crippen molar-refractivity contribution in [3.8, 4) is 6.07 Å². The molecule has 1 fully saturated rings. The van der Waals surface area contributed by atoms with E-state index in [0.29, 0.717) is 17.1 Å². The van der Waals surface area contributed by atoms with Crippen molar-refractivity contribution < 1.29 is 9.59 Å². The highest BCUT2D eigenvalue weighted by molar-refractivity contribution is 8.05. The molecule has 27 heavy (non-hydrogen) atoms. The van der Waals surface area contributed by atoms with Crippen LogP contribution in [-0.4, -0.2) is 17.1 Å². The first kappa shape index (κ1) is 19.0. The minimum Gasteiger partial charge on any atom is -0.365 e. The van der Waals surface area contributed by atoms with Gasteiger partial charge in [-0.05, 0) is 43.2 Å². The summed E-state index contributed by atoms with van der Waals surface area (Å²) in [5.74, 6) is -1.06. The summed E-state index contributed by atoms with van der Waals surface area (Å²) >= 11 is 7.12. The molecule has 0 bridgehead atoms. The molecule has 5 nitrogen and oxygen atoms in total. The Balaban J connectivity index is 2.01. The van der Waals surface area contributed by atoms with Crippen LogP contribution in [0.2, 0.25) is 5.02 Å². The number of amides is 2. The van der Waals surface area contributed by atoms with E-state index in [1.54, 1.807) is 24.3 Å². The quantitative estimate of drug-likeness (QED) is 0.631. The van der Waals surface area contributed by atoms with Gasteiger partial charge < -0.3 is 5.73 Å². The van der Waals surface area contributed by atoms with Gasteiger partial charge >= 0.3 is 0 Å². The molecule has 0 unspecified atom stereocenters. The van der Waals surface area contributed by atoms with Gasteiger partial charge in [0.05, 0.1) is 5.25 Å². The minimum absolute atomic E-state index is 0.202. The van der Waals surface area contributed by atoms with Gasteiger partial charge in [-0.15, -0.1) is 0 Å². The number of anilines is 1. The first-order valence-electron chi connectivity index (χ1n) is 8.16. The van der Waals surface area contributed by atoms with Crippen LogP contribution in [-0.2, 0) is 16.0 Å². The van der Waals surface area contributed by atoms with Crippen LogP contribution in [0.1, 0.15) is 11.1 Å². The number of hydrogen-bond acceptors (Lipinski definition) is 4. The molecule has 0 saturated carbocycles. The second kappa shape index (κ2) is 7.87. The number of halogens is 1. The highest BCUT2D eigenvalue weighted by atomic mass is 35.5. The van der Waals surface area contributed by atoms with Gasteiger partial charge in [-0.3, -0.25) is 14.5 Å². The summed E-state index contributed by atoms with van der Waals surface area (Å²) in [5, 5.41) is 9.70. The van der Waals surface area contributed by atoms with Crippen molar-refractivity contribution in [1.82, 2.24) is 0 Å². The number of aryl methyl sites for hydroxylation is 1. The van der Waals surface area contributed by atoms with Crippen molar-refractivity contribution >= 4 is 40.9 Å². The van der Waals surface area contributed by atoms with Crippen molar-refractivity contribution in [2.24, 2.45) is 5.73 Å². The van der Waals surface area contributed by atoms with Crippen LogP contribution in [0.25, 0.3) is 0 Å². The minimum atomic E-state index is -0.859. The number of thioether (sulfide) groups is 1.